The fourth-order valence-electron chi connectivity index (χ4n) is 5.62. The average Bonchev–Trinajstić information content (AvgIpc) is 3.56. The van der Waals surface area contributed by atoms with Gasteiger partial charge in [0.1, 0.15) is 0 Å². The summed E-state index contributed by atoms with van der Waals surface area (Å²) in [6.07, 6.45) is 6.64. The quantitative estimate of drug-likeness (QED) is 0.223. The molecule has 2 bridgehead atoms. The van der Waals surface area contributed by atoms with Crippen molar-refractivity contribution in [3.8, 4) is 0 Å². The molecule has 5 rings (SSSR count). The van der Waals surface area contributed by atoms with E-state index in [1.807, 2.05) is 0 Å². The number of carbonyl (C=O) groups is 1. The van der Waals surface area contributed by atoms with Gasteiger partial charge < -0.3 is 4.74 Å². The molecule has 0 aromatic heterocycles. The van der Waals surface area contributed by atoms with Crippen LogP contribution < -0.4 is 0 Å². The van der Waals surface area contributed by atoms with Crippen LogP contribution in [0.25, 0.3) is 0 Å². The lowest BCUT2D eigenvalue weighted by atomic mass is 9.86. The lowest BCUT2D eigenvalue weighted by Crippen LogP contribution is -2.35. The molecule has 2 aliphatic carbocycles. The minimum atomic E-state index is -5.54. The summed E-state index contributed by atoms with van der Waals surface area (Å²) >= 11 is 0. The van der Waals surface area contributed by atoms with Gasteiger partial charge in [0.05, 0.1) is 0 Å². The molecule has 2 saturated carbocycles. The molecule has 0 spiro atoms. The number of carbonyl (C=O) groups excluding carboxylic acids is 1. The fraction of sp³-hybridized carbons (Fsp3) is 0.367. The van der Waals surface area contributed by atoms with Crippen molar-refractivity contribution in [3.05, 3.63) is 91.0 Å². The summed E-state index contributed by atoms with van der Waals surface area (Å²) in [5.41, 5.74) is 0. The third-order valence-corrected chi connectivity index (χ3v) is 12.3. The Balaban J connectivity index is 0.000000181. The molecule has 39 heavy (non-hydrogen) atoms. The van der Waals surface area contributed by atoms with Crippen molar-refractivity contribution in [2.24, 2.45) is 17.8 Å². The van der Waals surface area contributed by atoms with E-state index in [9.17, 15) is 22.0 Å². The Morgan fingerprint density at radius 2 is 1.31 bits per heavy atom. The van der Waals surface area contributed by atoms with E-state index in [1.165, 1.54) is 14.7 Å². The van der Waals surface area contributed by atoms with Gasteiger partial charge in [-0.25, -0.2) is 0 Å². The topological polar surface area (TPSA) is 80.7 Å². The zero-order chi connectivity index (χ0) is 28.1. The molecule has 0 heterocycles. The SMILES string of the molecule is CS(c1ccccc1)(c1ccccc1)c1ccccc1.O=C(CC1CC2CCC1C2)OCC(F)(F)S(=O)(=O)O. The molecule has 3 unspecified atom stereocenters. The van der Waals surface area contributed by atoms with Gasteiger partial charge in [-0.3, -0.25) is 9.35 Å². The van der Waals surface area contributed by atoms with Crippen LogP contribution >= 0.6 is 10.0 Å². The maximum atomic E-state index is 12.8. The van der Waals surface area contributed by atoms with Crippen LogP contribution in [0.2, 0.25) is 0 Å². The molecule has 0 amide bonds. The third kappa shape index (κ3) is 6.88. The second-order valence-corrected chi connectivity index (χ2v) is 15.1. The maximum absolute atomic E-state index is 12.8. The summed E-state index contributed by atoms with van der Waals surface area (Å²) in [7, 11) is -6.72. The Hall–Kier alpha value is -2.75. The Kier molecular flexibility index (Phi) is 9.14. The predicted octanol–water partition coefficient (Wildman–Crippen LogP) is 7.43. The van der Waals surface area contributed by atoms with Gasteiger partial charge in [0.15, 0.2) is 6.61 Å². The first-order valence-electron chi connectivity index (χ1n) is 12.9. The molecule has 3 aromatic carbocycles. The Labute approximate surface area is 230 Å². The van der Waals surface area contributed by atoms with Gasteiger partial charge in [-0.05, 0) is 94.4 Å². The molecule has 0 radical (unpaired) electrons. The highest BCUT2D eigenvalue weighted by atomic mass is 32.3. The van der Waals surface area contributed by atoms with E-state index in [2.05, 4.69) is 102 Å². The number of ether oxygens (including phenoxy) is 1. The zero-order valence-corrected chi connectivity index (χ0v) is 23.4. The largest absolute Gasteiger partial charge is 0.458 e. The smallest absolute Gasteiger partial charge is 0.402 e. The maximum Gasteiger partial charge on any atom is 0.402 e. The number of rotatable bonds is 8. The first-order valence-corrected chi connectivity index (χ1v) is 16.4. The number of fused-ring (bicyclic) bond motifs is 2. The van der Waals surface area contributed by atoms with Crippen molar-refractivity contribution >= 4 is 26.1 Å². The summed E-state index contributed by atoms with van der Waals surface area (Å²) in [5, 5.41) is -4.45. The number of halogens is 2. The molecular formula is C30H34F2O5S2. The zero-order valence-electron chi connectivity index (χ0n) is 21.8. The van der Waals surface area contributed by atoms with Gasteiger partial charge in [0.25, 0.3) is 0 Å². The van der Waals surface area contributed by atoms with Gasteiger partial charge in [-0.1, -0.05) is 61.0 Å². The average molecular weight is 577 g/mol. The van der Waals surface area contributed by atoms with Gasteiger partial charge in [-0.15, -0.1) is 0 Å². The van der Waals surface area contributed by atoms with E-state index >= 15 is 0 Å². The number of hydrogen-bond donors (Lipinski definition) is 1. The van der Waals surface area contributed by atoms with Gasteiger partial charge in [-0.2, -0.15) is 27.2 Å². The highest BCUT2D eigenvalue weighted by Crippen LogP contribution is 2.65. The molecule has 210 valence electrons. The summed E-state index contributed by atoms with van der Waals surface area (Å²) in [6.45, 7) is -1.63. The standard InChI is InChI=1S/C19H18S.C11H16F2O5S/c1-20(17-11-5-2-6-12-17,18-13-7-3-8-14-18)19-15-9-4-10-16-19;12-11(13,19(15,16)17)6-18-10(14)5-9-4-7-1-2-8(9)3-7/h2-16H,1H3;7-9H,1-6H2,(H,15,16,17). The fourth-order valence-corrected chi connectivity index (χ4v) is 8.75. The first kappa shape index (κ1) is 29.2. The number of alkyl halides is 2. The van der Waals surface area contributed by atoms with Crippen LogP contribution in [0.5, 0.6) is 0 Å². The molecule has 3 aromatic rings. The van der Waals surface area contributed by atoms with Crippen LogP contribution in [0.1, 0.15) is 32.1 Å². The van der Waals surface area contributed by atoms with E-state index in [-0.39, 0.29) is 12.3 Å². The molecule has 2 aliphatic rings. The van der Waals surface area contributed by atoms with Gasteiger partial charge >= 0.3 is 21.3 Å². The Morgan fingerprint density at radius 3 is 1.67 bits per heavy atom. The van der Waals surface area contributed by atoms with E-state index in [0.29, 0.717) is 11.8 Å². The van der Waals surface area contributed by atoms with Crippen LogP contribution in [0.3, 0.4) is 0 Å². The second kappa shape index (κ2) is 12.2. The van der Waals surface area contributed by atoms with E-state index < -0.39 is 38.0 Å². The van der Waals surface area contributed by atoms with E-state index in [0.717, 1.165) is 25.7 Å². The lowest BCUT2D eigenvalue weighted by Gasteiger charge is -2.37. The van der Waals surface area contributed by atoms with Crippen molar-refractivity contribution < 1.29 is 31.3 Å². The highest BCUT2D eigenvalue weighted by Gasteiger charge is 2.46. The molecule has 1 N–H and O–H groups in total. The van der Waals surface area contributed by atoms with Gasteiger partial charge in [0, 0.05) is 6.42 Å². The molecule has 0 aliphatic heterocycles. The van der Waals surface area contributed by atoms with Crippen molar-refractivity contribution in [1.29, 1.82) is 0 Å². The molecule has 0 saturated heterocycles. The monoisotopic (exact) mass is 576 g/mol. The van der Waals surface area contributed by atoms with Crippen LogP contribution in [0.15, 0.2) is 106 Å². The number of benzene rings is 3. The summed E-state index contributed by atoms with van der Waals surface area (Å²) in [4.78, 5) is 15.6. The van der Waals surface area contributed by atoms with Crippen LogP contribution in [-0.4, -0.2) is 37.1 Å². The van der Waals surface area contributed by atoms with E-state index in [1.54, 1.807) is 0 Å². The molecule has 3 atom stereocenters. The van der Waals surface area contributed by atoms with Crippen LogP contribution in [-0.2, 0) is 19.6 Å². The number of esters is 1. The minimum absolute atomic E-state index is 0.0444. The van der Waals surface area contributed by atoms with E-state index in [4.69, 9.17) is 4.55 Å². The Morgan fingerprint density at radius 1 is 0.846 bits per heavy atom. The van der Waals surface area contributed by atoms with Crippen LogP contribution in [0.4, 0.5) is 8.78 Å². The first-order chi connectivity index (χ1) is 18.5. The second-order valence-electron chi connectivity index (χ2n) is 10.3. The molecular weight excluding hydrogens is 542 g/mol. The predicted molar refractivity (Wildman–Crippen MR) is 149 cm³/mol. The van der Waals surface area contributed by atoms with Crippen molar-refractivity contribution in [1.82, 2.24) is 0 Å². The van der Waals surface area contributed by atoms with Gasteiger partial charge in [0.2, 0.25) is 0 Å². The van der Waals surface area contributed by atoms with Crippen molar-refractivity contribution in [3.63, 3.8) is 0 Å². The summed E-state index contributed by atoms with van der Waals surface area (Å²) in [6, 6.07) is 32.5. The Bertz CT molecular complexity index is 1240. The van der Waals surface area contributed by atoms with Crippen molar-refractivity contribution in [2.45, 2.75) is 52.0 Å². The number of hydrogen-bond acceptors (Lipinski definition) is 4. The normalized spacial score (nSPS) is 21.1. The lowest BCUT2D eigenvalue weighted by molar-refractivity contribution is -0.151. The van der Waals surface area contributed by atoms with Crippen molar-refractivity contribution in [2.75, 3.05) is 12.9 Å². The van der Waals surface area contributed by atoms with Crippen LogP contribution in [0, 0.1) is 17.8 Å². The summed E-state index contributed by atoms with van der Waals surface area (Å²) in [5.74, 6) is 0.410. The molecule has 2 fully saturated rings. The molecule has 9 heteroatoms. The minimum Gasteiger partial charge on any atom is -0.458 e. The molecule has 5 nitrogen and oxygen atoms in total. The third-order valence-electron chi connectivity index (χ3n) is 7.74. The highest BCUT2D eigenvalue weighted by molar-refractivity contribution is 8.33. The summed E-state index contributed by atoms with van der Waals surface area (Å²) < 4.78 is 58.9.